The summed E-state index contributed by atoms with van der Waals surface area (Å²) in [5.41, 5.74) is -0.289. The van der Waals surface area contributed by atoms with Gasteiger partial charge in [-0.3, -0.25) is 9.36 Å². The van der Waals surface area contributed by atoms with Gasteiger partial charge in [-0.1, -0.05) is 12.1 Å². The molecule has 0 aliphatic carbocycles. The Morgan fingerprint density at radius 1 is 1.30 bits per heavy atom. The second-order valence-electron chi connectivity index (χ2n) is 5.48. The smallest absolute Gasteiger partial charge is 0.374 e. The van der Waals surface area contributed by atoms with Crippen molar-refractivity contribution in [1.82, 2.24) is 9.55 Å². The van der Waals surface area contributed by atoms with Gasteiger partial charge in [0.2, 0.25) is 5.82 Å². The van der Waals surface area contributed by atoms with E-state index >= 15 is 0 Å². The number of para-hydroxylation sites is 1. The van der Waals surface area contributed by atoms with Gasteiger partial charge in [-0.2, -0.15) is 0 Å². The zero-order chi connectivity index (χ0) is 14.9. The summed E-state index contributed by atoms with van der Waals surface area (Å²) < 4.78 is 6.40. The Morgan fingerprint density at radius 3 is 2.55 bits per heavy atom. The van der Waals surface area contributed by atoms with Crippen LogP contribution >= 0.6 is 0 Å². The first kappa shape index (κ1) is 14.2. The van der Waals surface area contributed by atoms with Crippen LogP contribution in [0.3, 0.4) is 0 Å². The second kappa shape index (κ2) is 5.07. The van der Waals surface area contributed by atoms with Crippen LogP contribution in [-0.2, 0) is 10.3 Å². The van der Waals surface area contributed by atoms with E-state index in [1.807, 2.05) is 20.8 Å². The predicted octanol–water partition coefficient (Wildman–Crippen LogP) is 2.33. The maximum Gasteiger partial charge on any atom is 0.374 e. The van der Waals surface area contributed by atoms with Crippen molar-refractivity contribution in [3.8, 4) is 0 Å². The SMILES string of the molecule is CCOC(=O)c1nc2ccccc2c(=O)n1C(C)(C)C. The van der Waals surface area contributed by atoms with Gasteiger partial charge in [-0.25, -0.2) is 9.78 Å². The first-order valence-corrected chi connectivity index (χ1v) is 6.55. The Hall–Kier alpha value is -2.17. The van der Waals surface area contributed by atoms with Crippen molar-refractivity contribution in [1.29, 1.82) is 0 Å². The third kappa shape index (κ3) is 2.43. The molecule has 0 saturated carbocycles. The summed E-state index contributed by atoms with van der Waals surface area (Å²) in [6.07, 6.45) is 0. The van der Waals surface area contributed by atoms with Crippen molar-refractivity contribution in [2.24, 2.45) is 0 Å². The molecule has 0 unspecified atom stereocenters. The molecule has 0 bridgehead atoms. The molecule has 1 aromatic heterocycles. The molecule has 0 fully saturated rings. The van der Waals surface area contributed by atoms with Crippen LogP contribution in [0.5, 0.6) is 0 Å². The van der Waals surface area contributed by atoms with Gasteiger partial charge in [0.15, 0.2) is 0 Å². The number of carbonyl (C=O) groups excluding carboxylic acids is 1. The minimum atomic E-state index is -0.578. The van der Waals surface area contributed by atoms with Crippen molar-refractivity contribution < 1.29 is 9.53 Å². The Kier molecular flexibility index (Phi) is 3.61. The Balaban J connectivity index is 2.84. The highest BCUT2D eigenvalue weighted by atomic mass is 16.5. The van der Waals surface area contributed by atoms with Crippen LogP contribution in [0, 0.1) is 0 Å². The number of aromatic nitrogens is 2. The summed E-state index contributed by atoms with van der Waals surface area (Å²) in [4.78, 5) is 29.0. The van der Waals surface area contributed by atoms with E-state index in [2.05, 4.69) is 4.98 Å². The fourth-order valence-electron chi connectivity index (χ4n) is 2.09. The molecule has 0 N–H and O–H groups in total. The molecule has 0 aliphatic rings. The molecule has 2 aromatic rings. The van der Waals surface area contributed by atoms with Crippen LogP contribution in [0.4, 0.5) is 0 Å². The topological polar surface area (TPSA) is 61.2 Å². The molecule has 5 nitrogen and oxygen atoms in total. The van der Waals surface area contributed by atoms with Crippen LogP contribution in [0.2, 0.25) is 0 Å². The fourth-order valence-corrected chi connectivity index (χ4v) is 2.09. The fraction of sp³-hybridized carbons (Fsp3) is 0.400. The molecule has 0 aliphatic heterocycles. The number of carbonyl (C=O) groups is 1. The molecular formula is C15H18N2O3. The van der Waals surface area contributed by atoms with Crippen LogP contribution in [0.1, 0.15) is 38.3 Å². The van der Waals surface area contributed by atoms with E-state index in [4.69, 9.17) is 4.74 Å². The molecule has 2 rings (SSSR count). The highest BCUT2D eigenvalue weighted by Crippen LogP contribution is 2.17. The lowest BCUT2D eigenvalue weighted by Gasteiger charge is -2.24. The predicted molar refractivity (Wildman–Crippen MR) is 77.0 cm³/mol. The highest BCUT2D eigenvalue weighted by Gasteiger charge is 2.26. The van der Waals surface area contributed by atoms with Crippen LogP contribution < -0.4 is 5.56 Å². The third-order valence-corrected chi connectivity index (χ3v) is 2.90. The Bertz CT molecular complexity index is 711. The lowest BCUT2D eigenvalue weighted by Crippen LogP contribution is -2.39. The zero-order valence-corrected chi connectivity index (χ0v) is 12.1. The van der Waals surface area contributed by atoms with Crippen molar-refractivity contribution >= 4 is 16.9 Å². The maximum atomic E-state index is 12.6. The average Bonchev–Trinajstić information content (AvgIpc) is 2.37. The van der Waals surface area contributed by atoms with Gasteiger partial charge in [0.05, 0.1) is 17.5 Å². The number of fused-ring (bicyclic) bond motifs is 1. The van der Waals surface area contributed by atoms with Gasteiger partial charge in [0.25, 0.3) is 5.56 Å². The van der Waals surface area contributed by atoms with Crippen LogP contribution in [0.15, 0.2) is 29.1 Å². The molecular weight excluding hydrogens is 256 g/mol. The molecule has 20 heavy (non-hydrogen) atoms. The van der Waals surface area contributed by atoms with Gasteiger partial charge in [-0.15, -0.1) is 0 Å². The standard InChI is InChI=1S/C15H18N2O3/c1-5-20-14(19)12-16-11-9-7-6-8-10(11)13(18)17(12)15(2,3)4/h6-9H,5H2,1-4H3. The molecule has 0 radical (unpaired) electrons. The molecule has 106 valence electrons. The van der Waals surface area contributed by atoms with E-state index < -0.39 is 11.5 Å². The maximum absolute atomic E-state index is 12.6. The summed E-state index contributed by atoms with van der Waals surface area (Å²) in [5, 5.41) is 0.496. The van der Waals surface area contributed by atoms with E-state index in [9.17, 15) is 9.59 Å². The summed E-state index contributed by atoms with van der Waals surface area (Å²) >= 11 is 0. The van der Waals surface area contributed by atoms with Crippen molar-refractivity contribution in [3.63, 3.8) is 0 Å². The van der Waals surface area contributed by atoms with E-state index in [0.717, 1.165) is 0 Å². The summed E-state index contributed by atoms with van der Waals surface area (Å²) in [6.45, 7) is 7.53. The first-order valence-electron chi connectivity index (χ1n) is 6.55. The van der Waals surface area contributed by atoms with E-state index in [-0.39, 0.29) is 18.0 Å². The Labute approximate surface area is 117 Å². The van der Waals surface area contributed by atoms with Crippen LogP contribution in [0.25, 0.3) is 10.9 Å². The molecule has 0 saturated heterocycles. The normalized spacial score (nSPS) is 11.6. The van der Waals surface area contributed by atoms with Gasteiger partial charge in [-0.05, 0) is 39.8 Å². The zero-order valence-electron chi connectivity index (χ0n) is 12.1. The largest absolute Gasteiger partial charge is 0.460 e. The number of esters is 1. The minimum Gasteiger partial charge on any atom is -0.460 e. The number of hydrogen-bond acceptors (Lipinski definition) is 4. The number of rotatable bonds is 2. The average molecular weight is 274 g/mol. The summed E-state index contributed by atoms with van der Waals surface area (Å²) in [5.74, 6) is -0.534. The molecule has 0 amide bonds. The summed E-state index contributed by atoms with van der Waals surface area (Å²) in [7, 11) is 0. The first-order chi connectivity index (χ1) is 9.36. The second-order valence-corrected chi connectivity index (χ2v) is 5.48. The van der Waals surface area contributed by atoms with E-state index in [0.29, 0.717) is 10.9 Å². The van der Waals surface area contributed by atoms with Gasteiger partial charge in [0.1, 0.15) is 0 Å². The summed E-state index contributed by atoms with van der Waals surface area (Å²) in [6, 6.07) is 6.99. The Morgan fingerprint density at radius 2 is 1.95 bits per heavy atom. The molecule has 1 heterocycles. The molecule has 0 atom stereocenters. The highest BCUT2D eigenvalue weighted by molar-refractivity contribution is 5.89. The van der Waals surface area contributed by atoms with E-state index in [1.165, 1.54) is 4.57 Å². The molecule has 5 heteroatoms. The minimum absolute atomic E-state index is 0.0445. The molecule has 0 spiro atoms. The van der Waals surface area contributed by atoms with Crippen molar-refractivity contribution in [3.05, 3.63) is 40.4 Å². The van der Waals surface area contributed by atoms with Gasteiger partial charge in [0, 0.05) is 5.54 Å². The molecule has 1 aromatic carbocycles. The van der Waals surface area contributed by atoms with Crippen LogP contribution in [-0.4, -0.2) is 22.1 Å². The monoisotopic (exact) mass is 274 g/mol. The lowest BCUT2D eigenvalue weighted by molar-refractivity contribution is 0.0496. The number of benzene rings is 1. The van der Waals surface area contributed by atoms with Gasteiger partial charge >= 0.3 is 5.97 Å². The van der Waals surface area contributed by atoms with Crippen molar-refractivity contribution in [2.45, 2.75) is 33.2 Å². The number of hydrogen-bond donors (Lipinski definition) is 0. The van der Waals surface area contributed by atoms with Gasteiger partial charge < -0.3 is 4.74 Å². The van der Waals surface area contributed by atoms with E-state index in [1.54, 1.807) is 31.2 Å². The number of nitrogens with zero attached hydrogens (tertiary/aromatic N) is 2. The quantitative estimate of drug-likeness (QED) is 0.788. The third-order valence-electron chi connectivity index (χ3n) is 2.90. The lowest BCUT2D eigenvalue weighted by atomic mass is 10.1. The number of ether oxygens (including phenoxy) is 1. The van der Waals surface area contributed by atoms with Crippen molar-refractivity contribution in [2.75, 3.05) is 6.61 Å².